The predicted molar refractivity (Wildman–Crippen MR) is 129 cm³/mol. The number of fused-ring (bicyclic) bond motifs is 1. The van der Waals surface area contributed by atoms with E-state index < -0.39 is 11.6 Å². The maximum atomic E-state index is 15.0. The Morgan fingerprint density at radius 1 is 1.17 bits per heavy atom. The molecule has 0 atom stereocenters. The monoisotopic (exact) mass is 489 g/mol. The summed E-state index contributed by atoms with van der Waals surface area (Å²) in [5.74, 6) is 0.359. The van der Waals surface area contributed by atoms with Gasteiger partial charge in [-0.2, -0.15) is 10.4 Å². The molecule has 11 heteroatoms. The third-order valence-electron chi connectivity index (χ3n) is 6.64. The largest absolute Gasteiger partial charge is 0.494 e. The Hall–Kier alpha value is -4.46. The van der Waals surface area contributed by atoms with Crippen molar-refractivity contribution < 1.29 is 18.7 Å². The maximum absolute atomic E-state index is 15.0. The van der Waals surface area contributed by atoms with Gasteiger partial charge in [-0.25, -0.2) is 13.9 Å². The van der Waals surface area contributed by atoms with Gasteiger partial charge in [-0.15, -0.1) is 0 Å². The van der Waals surface area contributed by atoms with E-state index in [1.807, 2.05) is 29.3 Å². The third-order valence-corrected chi connectivity index (χ3v) is 6.64. The fourth-order valence-corrected chi connectivity index (χ4v) is 4.62. The molecule has 2 aliphatic rings. The van der Waals surface area contributed by atoms with Crippen molar-refractivity contribution in [2.45, 2.75) is 5.67 Å². The first-order valence-corrected chi connectivity index (χ1v) is 11.4. The van der Waals surface area contributed by atoms with Crippen molar-refractivity contribution in [3.8, 4) is 22.9 Å². The van der Waals surface area contributed by atoms with E-state index in [9.17, 15) is 19.2 Å². The molecular formula is C25H24FN7O3. The van der Waals surface area contributed by atoms with Crippen molar-refractivity contribution in [1.29, 1.82) is 5.26 Å². The van der Waals surface area contributed by atoms with Gasteiger partial charge < -0.3 is 19.4 Å². The van der Waals surface area contributed by atoms with E-state index in [-0.39, 0.29) is 19.0 Å². The maximum Gasteiger partial charge on any atom is 0.264 e. The summed E-state index contributed by atoms with van der Waals surface area (Å²) in [4.78, 5) is 33.7. The van der Waals surface area contributed by atoms with E-state index in [2.05, 4.69) is 22.7 Å². The SMILES string of the molecule is C=CC(=O)N1CC(F)(C(=O)N2CCN(c3ccc(-c4cc(OC)c5c(C#N)cnn5c4)cn3)CC2)C1. The number of ether oxygens (including phenoxy) is 1. The van der Waals surface area contributed by atoms with Gasteiger partial charge in [0.05, 0.1) is 26.4 Å². The number of nitriles is 1. The van der Waals surface area contributed by atoms with Crippen LogP contribution in [0.5, 0.6) is 5.75 Å². The van der Waals surface area contributed by atoms with Gasteiger partial charge in [0.25, 0.3) is 5.91 Å². The number of amides is 2. The van der Waals surface area contributed by atoms with Gasteiger partial charge in [-0.05, 0) is 24.3 Å². The zero-order valence-electron chi connectivity index (χ0n) is 19.7. The molecule has 2 aliphatic heterocycles. The van der Waals surface area contributed by atoms with E-state index in [1.54, 1.807) is 17.8 Å². The highest BCUT2D eigenvalue weighted by atomic mass is 19.1. The van der Waals surface area contributed by atoms with Crippen LogP contribution in [0.25, 0.3) is 16.6 Å². The Morgan fingerprint density at radius 3 is 2.53 bits per heavy atom. The molecule has 184 valence electrons. The molecule has 3 aromatic heterocycles. The van der Waals surface area contributed by atoms with Crippen LogP contribution in [0.4, 0.5) is 10.2 Å². The van der Waals surface area contributed by atoms with E-state index in [1.165, 1.54) is 16.0 Å². The number of anilines is 1. The van der Waals surface area contributed by atoms with Crippen LogP contribution in [0.3, 0.4) is 0 Å². The molecule has 0 spiro atoms. The first-order chi connectivity index (χ1) is 17.4. The number of piperazine rings is 1. The second kappa shape index (κ2) is 8.96. The molecule has 10 nitrogen and oxygen atoms in total. The van der Waals surface area contributed by atoms with Gasteiger partial charge in [0.1, 0.15) is 28.7 Å². The Labute approximate surface area is 206 Å². The molecule has 0 radical (unpaired) electrons. The lowest BCUT2D eigenvalue weighted by molar-refractivity contribution is -0.161. The standard InChI is InChI=1S/C25H24FN7O3/c1-3-22(34)32-15-25(26,16-32)24(35)31-8-6-30(7-9-31)21-5-4-17(12-28-21)18-10-20(36-2)23-19(11-27)13-29-33(23)14-18/h3-5,10,12-14H,1,6-9,15-16H2,2H3. The average Bonchev–Trinajstić information content (AvgIpc) is 3.33. The van der Waals surface area contributed by atoms with Crippen molar-refractivity contribution in [1.82, 2.24) is 24.4 Å². The topological polar surface area (TPSA) is 107 Å². The second-order valence-corrected chi connectivity index (χ2v) is 8.81. The minimum absolute atomic E-state index is 0.229. The highest BCUT2D eigenvalue weighted by Gasteiger charge is 2.53. The van der Waals surface area contributed by atoms with Crippen LogP contribution in [0.2, 0.25) is 0 Å². The first kappa shape index (κ1) is 23.3. The van der Waals surface area contributed by atoms with E-state index in [4.69, 9.17) is 4.74 Å². The number of methoxy groups -OCH3 is 1. The molecule has 2 amide bonds. The summed E-state index contributed by atoms with van der Waals surface area (Å²) < 4.78 is 22.0. The van der Waals surface area contributed by atoms with Crippen molar-refractivity contribution in [2.24, 2.45) is 0 Å². The number of rotatable bonds is 5. The number of carbonyl (C=O) groups excluding carboxylic acids is 2. The van der Waals surface area contributed by atoms with Crippen LogP contribution >= 0.6 is 0 Å². The number of halogens is 1. The quantitative estimate of drug-likeness (QED) is 0.502. The van der Waals surface area contributed by atoms with E-state index in [0.717, 1.165) is 23.0 Å². The molecular weight excluding hydrogens is 465 g/mol. The van der Waals surface area contributed by atoms with Gasteiger partial charge in [0.2, 0.25) is 11.6 Å². The normalized spacial score (nSPS) is 16.9. The number of nitrogens with zero attached hydrogens (tertiary/aromatic N) is 7. The van der Waals surface area contributed by atoms with Gasteiger partial charge in [0, 0.05) is 49.7 Å². The number of aromatic nitrogens is 3. The molecule has 0 aliphatic carbocycles. The lowest BCUT2D eigenvalue weighted by atomic mass is 9.94. The van der Waals surface area contributed by atoms with Crippen LogP contribution in [-0.2, 0) is 9.59 Å². The first-order valence-electron chi connectivity index (χ1n) is 11.4. The molecule has 0 bridgehead atoms. The Balaban J connectivity index is 1.24. The molecule has 0 aromatic carbocycles. The third kappa shape index (κ3) is 3.90. The van der Waals surface area contributed by atoms with Crippen molar-refractivity contribution >= 4 is 23.1 Å². The summed E-state index contributed by atoms with van der Waals surface area (Å²) in [6.45, 7) is 4.72. The van der Waals surface area contributed by atoms with Gasteiger partial charge >= 0.3 is 0 Å². The lowest BCUT2D eigenvalue weighted by Crippen LogP contribution is -2.68. The fraction of sp³-hybridized carbons (Fsp3) is 0.320. The summed E-state index contributed by atoms with van der Waals surface area (Å²) in [5.41, 5.74) is 0.704. The van der Waals surface area contributed by atoms with Crippen molar-refractivity contribution in [3.05, 3.63) is 55.0 Å². The number of carbonyl (C=O) groups is 2. The van der Waals surface area contributed by atoms with Crippen LogP contribution in [-0.4, -0.2) is 88.3 Å². The Morgan fingerprint density at radius 2 is 1.92 bits per heavy atom. The number of hydrogen-bond donors (Lipinski definition) is 0. The Kier molecular flexibility index (Phi) is 5.80. The van der Waals surface area contributed by atoms with E-state index in [0.29, 0.717) is 43.0 Å². The zero-order chi connectivity index (χ0) is 25.4. The molecule has 2 saturated heterocycles. The number of alkyl halides is 1. The summed E-state index contributed by atoms with van der Waals surface area (Å²) in [6, 6.07) is 7.79. The number of pyridine rings is 2. The molecule has 2 fully saturated rings. The van der Waals surface area contributed by atoms with Crippen molar-refractivity contribution in [3.63, 3.8) is 0 Å². The molecule has 5 rings (SSSR count). The molecule has 5 heterocycles. The summed E-state index contributed by atoms with van der Waals surface area (Å²) in [5, 5.41) is 13.5. The van der Waals surface area contributed by atoms with Crippen LogP contribution in [0, 0.1) is 11.3 Å². The van der Waals surface area contributed by atoms with Crippen LogP contribution in [0.15, 0.2) is 49.4 Å². The summed E-state index contributed by atoms with van der Waals surface area (Å²) >= 11 is 0. The molecule has 0 saturated carbocycles. The van der Waals surface area contributed by atoms with Gasteiger partial charge in [-0.3, -0.25) is 9.59 Å². The molecule has 3 aromatic rings. The number of likely N-dealkylation sites (tertiary alicyclic amines) is 1. The minimum atomic E-state index is -2.02. The van der Waals surface area contributed by atoms with Crippen LogP contribution < -0.4 is 9.64 Å². The minimum Gasteiger partial charge on any atom is -0.494 e. The number of hydrogen-bond acceptors (Lipinski definition) is 7. The second-order valence-electron chi connectivity index (χ2n) is 8.81. The molecule has 36 heavy (non-hydrogen) atoms. The summed E-state index contributed by atoms with van der Waals surface area (Å²) in [7, 11) is 1.55. The molecule has 0 N–H and O–H groups in total. The predicted octanol–water partition coefficient (Wildman–Crippen LogP) is 1.66. The Bertz CT molecular complexity index is 1380. The highest BCUT2D eigenvalue weighted by Crippen LogP contribution is 2.31. The van der Waals surface area contributed by atoms with Gasteiger partial charge in [0.15, 0.2) is 0 Å². The van der Waals surface area contributed by atoms with E-state index >= 15 is 0 Å². The molecule has 0 unspecified atom stereocenters. The highest BCUT2D eigenvalue weighted by molar-refractivity contribution is 5.93. The van der Waals surface area contributed by atoms with Crippen LogP contribution in [0.1, 0.15) is 5.56 Å². The summed E-state index contributed by atoms with van der Waals surface area (Å²) in [6.07, 6.45) is 6.19. The van der Waals surface area contributed by atoms with Crippen molar-refractivity contribution in [2.75, 3.05) is 51.3 Å². The average molecular weight is 490 g/mol. The lowest BCUT2D eigenvalue weighted by Gasteiger charge is -2.46. The fourth-order valence-electron chi connectivity index (χ4n) is 4.62. The zero-order valence-corrected chi connectivity index (χ0v) is 19.7. The van der Waals surface area contributed by atoms with Gasteiger partial charge in [-0.1, -0.05) is 6.58 Å². The smallest absolute Gasteiger partial charge is 0.264 e.